The zero-order valence-electron chi connectivity index (χ0n) is 10.1. The van der Waals surface area contributed by atoms with Crippen LogP contribution in [0.4, 0.5) is 5.69 Å². The van der Waals surface area contributed by atoms with E-state index in [1.54, 1.807) is 0 Å². The monoisotopic (exact) mass is 214 g/mol. The summed E-state index contributed by atoms with van der Waals surface area (Å²) >= 11 is 0. The maximum Gasteiger partial charge on any atom is 0.0415 e. The van der Waals surface area contributed by atoms with E-state index in [9.17, 15) is 0 Å². The highest BCUT2D eigenvalue weighted by Crippen LogP contribution is 2.18. The molecule has 0 saturated carbocycles. The first kappa shape index (κ1) is 10.8. The van der Waals surface area contributed by atoms with Gasteiger partial charge in [0, 0.05) is 31.7 Å². The van der Waals surface area contributed by atoms with Gasteiger partial charge < -0.3 is 9.88 Å². The summed E-state index contributed by atoms with van der Waals surface area (Å²) < 4.78 is 2.07. The smallest absolute Gasteiger partial charge is 0.0415 e. The molecule has 0 radical (unpaired) electrons. The van der Waals surface area contributed by atoms with Crippen molar-refractivity contribution in [2.45, 2.75) is 20.4 Å². The van der Waals surface area contributed by atoms with Gasteiger partial charge in [0.15, 0.2) is 0 Å². The summed E-state index contributed by atoms with van der Waals surface area (Å²) in [5.74, 6) is 0. The van der Waals surface area contributed by atoms with Crippen LogP contribution in [0.25, 0.3) is 0 Å². The van der Waals surface area contributed by atoms with Crippen molar-refractivity contribution in [3.8, 4) is 0 Å². The molecule has 1 aromatic carbocycles. The average molecular weight is 214 g/mol. The van der Waals surface area contributed by atoms with Crippen molar-refractivity contribution in [1.82, 2.24) is 4.57 Å². The molecule has 16 heavy (non-hydrogen) atoms. The summed E-state index contributed by atoms with van der Waals surface area (Å²) in [6.07, 6.45) is 4.21. The standard InChI is InChI=1S/C14H18N2/c1-11-5-4-6-14(12(11)2)15-9-13-7-8-16(3)10-13/h4-8,10,15H,9H2,1-3H3. The predicted octanol–water partition coefficient (Wildman–Crippen LogP) is 3.25. The lowest BCUT2D eigenvalue weighted by atomic mass is 10.1. The molecule has 0 aliphatic carbocycles. The molecule has 0 saturated heterocycles. The molecule has 0 aliphatic rings. The first-order valence-corrected chi connectivity index (χ1v) is 5.58. The minimum atomic E-state index is 0.880. The van der Waals surface area contributed by atoms with Gasteiger partial charge in [0.1, 0.15) is 0 Å². The van der Waals surface area contributed by atoms with Gasteiger partial charge in [0.2, 0.25) is 0 Å². The molecule has 0 fully saturated rings. The highest BCUT2D eigenvalue weighted by atomic mass is 14.9. The first-order valence-electron chi connectivity index (χ1n) is 5.58. The van der Waals surface area contributed by atoms with Gasteiger partial charge >= 0.3 is 0 Å². The van der Waals surface area contributed by atoms with Crippen LogP contribution in [-0.4, -0.2) is 4.57 Å². The molecular formula is C14H18N2. The van der Waals surface area contributed by atoms with E-state index in [0.29, 0.717) is 0 Å². The third kappa shape index (κ3) is 2.27. The Balaban J connectivity index is 2.07. The second kappa shape index (κ2) is 4.44. The molecule has 0 amide bonds. The van der Waals surface area contributed by atoms with Gasteiger partial charge in [-0.15, -0.1) is 0 Å². The van der Waals surface area contributed by atoms with Gasteiger partial charge in [-0.25, -0.2) is 0 Å². The Labute approximate surface area is 96.9 Å². The molecule has 0 spiro atoms. The second-order valence-corrected chi connectivity index (χ2v) is 4.29. The topological polar surface area (TPSA) is 17.0 Å². The van der Waals surface area contributed by atoms with Crippen LogP contribution < -0.4 is 5.32 Å². The fourth-order valence-electron chi connectivity index (χ4n) is 1.81. The Morgan fingerprint density at radius 1 is 1.19 bits per heavy atom. The molecule has 0 bridgehead atoms. The van der Waals surface area contributed by atoms with Crippen LogP contribution in [-0.2, 0) is 13.6 Å². The molecular weight excluding hydrogens is 196 g/mol. The lowest BCUT2D eigenvalue weighted by molar-refractivity contribution is 0.920. The van der Waals surface area contributed by atoms with Crippen LogP contribution in [0.2, 0.25) is 0 Å². The van der Waals surface area contributed by atoms with Crippen molar-refractivity contribution in [3.63, 3.8) is 0 Å². The van der Waals surface area contributed by atoms with Crippen molar-refractivity contribution < 1.29 is 0 Å². The third-order valence-corrected chi connectivity index (χ3v) is 2.98. The SMILES string of the molecule is Cc1cccc(NCc2ccn(C)c2)c1C. The number of benzene rings is 1. The minimum absolute atomic E-state index is 0.880. The van der Waals surface area contributed by atoms with Gasteiger partial charge in [-0.05, 0) is 42.7 Å². The summed E-state index contributed by atoms with van der Waals surface area (Å²) in [6.45, 7) is 5.18. The van der Waals surface area contributed by atoms with E-state index in [-0.39, 0.29) is 0 Å². The maximum absolute atomic E-state index is 3.47. The van der Waals surface area contributed by atoms with E-state index in [0.717, 1.165) is 6.54 Å². The zero-order valence-corrected chi connectivity index (χ0v) is 10.1. The van der Waals surface area contributed by atoms with Crippen molar-refractivity contribution in [3.05, 3.63) is 53.3 Å². The van der Waals surface area contributed by atoms with E-state index in [1.165, 1.54) is 22.4 Å². The number of anilines is 1. The zero-order chi connectivity index (χ0) is 11.5. The normalized spacial score (nSPS) is 10.4. The lowest BCUT2D eigenvalue weighted by Gasteiger charge is -2.10. The summed E-state index contributed by atoms with van der Waals surface area (Å²) in [4.78, 5) is 0. The van der Waals surface area contributed by atoms with Crippen LogP contribution in [0.15, 0.2) is 36.7 Å². The number of hydrogen-bond acceptors (Lipinski definition) is 1. The molecule has 2 heteroatoms. The van der Waals surface area contributed by atoms with Crippen molar-refractivity contribution in [2.24, 2.45) is 7.05 Å². The first-order chi connectivity index (χ1) is 7.66. The van der Waals surface area contributed by atoms with Gasteiger partial charge in [-0.2, -0.15) is 0 Å². The van der Waals surface area contributed by atoms with Crippen LogP contribution in [0.3, 0.4) is 0 Å². The molecule has 1 aromatic heterocycles. The van der Waals surface area contributed by atoms with Crippen LogP contribution in [0, 0.1) is 13.8 Å². The molecule has 1 heterocycles. The van der Waals surface area contributed by atoms with E-state index in [1.807, 2.05) is 7.05 Å². The van der Waals surface area contributed by atoms with E-state index in [2.05, 4.69) is 60.4 Å². The Kier molecular flexibility index (Phi) is 3.00. The Hall–Kier alpha value is -1.70. The molecule has 2 nitrogen and oxygen atoms in total. The quantitative estimate of drug-likeness (QED) is 0.830. The van der Waals surface area contributed by atoms with Crippen LogP contribution >= 0.6 is 0 Å². The van der Waals surface area contributed by atoms with Crippen LogP contribution in [0.1, 0.15) is 16.7 Å². The summed E-state index contributed by atoms with van der Waals surface area (Å²) in [7, 11) is 2.04. The summed E-state index contributed by atoms with van der Waals surface area (Å²) in [5, 5.41) is 3.47. The fourth-order valence-corrected chi connectivity index (χ4v) is 1.81. The Morgan fingerprint density at radius 2 is 2.00 bits per heavy atom. The molecule has 2 aromatic rings. The number of hydrogen-bond donors (Lipinski definition) is 1. The number of nitrogens with zero attached hydrogens (tertiary/aromatic N) is 1. The van der Waals surface area contributed by atoms with E-state index in [4.69, 9.17) is 0 Å². The number of nitrogens with one attached hydrogen (secondary N) is 1. The van der Waals surface area contributed by atoms with Gasteiger partial charge in [0.25, 0.3) is 0 Å². The highest BCUT2D eigenvalue weighted by Gasteiger charge is 2.00. The maximum atomic E-state index is 3.47. The molecule has 84 valence electrons. The lowest BCUT2D eigenvalue weighted by Crippen LogP contribution is -2.01. The van der Waals surface area contributed by atoms with Gasteiger partial charge in [-0.3, -0.25) is 0 Å². The molecule has 0 atom stereocenters. The van der Waals surface area contributed by atoms with E-state index < -0.39 is 0 Å². The van der Waals surface area contributed by atoms with Crippen molar-refractivity contribution >= 4 is 5.69 Å². The van der Waals surface area contributed by atoms with Gasteiger partial charge in [-0.1, -0.05) is 12.1 Å². The minimum Gasteiger partial charge on any atom is -0.381 e. The molecule has 1 N–H and O–H groups in total. The number of rotatable bonds is 3. The van der Waals surface area contributed by atoms with Crippen molar-refractivity contribution in [2.75, 3.05) is 5.32 Å². The average Bonchev–Trinajstić information content (AvgIpc) is 2.67. The molecule has 0 aliphatic heterocycles. The summed E-state index contributed by atoms with van der Waals surface area (Å²) in [5.41, 5.74) is 5.20. The predicted molar refractivity (Wildman–Crippen MR) is 68.7 cm³/mol. The number of aromatic nitrogens is 1. The van der Waals surface area contributed by atoms with Crippen molar-refractivity contribution in [1.29, 1.82) is 0 Å². The third-order valence-electron chi connectivity index (χ3n) is 2.98. The van der Waals surface area contributed by atoms with Gasteiger partial charge in [0.05, 0.1) is 0 Å². The second-order valence-electron chi connectivity index (χ2n) is 4.29. The van der Waals surface area contributed by atoms with Crippen LogP contribution in [0.5, 0.6) is 0 Å². The fraction of sp³-hybridized carbons (Fsp3) is 0.286. The summed E-state index contributed by atoms with van der Waals surface area (Å²) in [6, 6.07) is 8.50. The molecule has 0 unspecified atom stereocenters. The Bertz CT molecular complexity index is 483. The number of aryl methyl sites for hydroxylation is 2. The Morgan fingerprint density at radius 3 is 2.69 bits per heavy atom. The highest BCUT2D eigenvalue weighted by molar-refractivity contribution is 5.53. The van der Waals surface area contributed by atoms with E-state index >= 15 is 0 Å². The molecule has 2 rings (SSSR count). The largest absolute Gasteiger partial charge is 0.381 e.